The standard InChI is InChI=1S/C19H19F3N4O3/c20-19(21,22)13-3-1-2-12-11(9-25-16(12)13)7-15(18(28)29)26-17(27)14(23)6-10-4-5-24-8-10/h1-3,5,8-9,14-15,25H,4,6-7,23H2,(H,26,27)(H,28,29)/t14-,15-/m0/s1. The third-order valence-electron chi connectivity index (χ3n) is 4.68. The third kappa shape index (κ3) is 4.65. The van der Waals surface area contributed by atoms with Gasteiger partial charge in [0.15, 0.2) is 0 Å². The number of hydrogen-bond acceptors (Lipinski definition) is 4. The van der Waals surface area contributed by atoms with Gasteiger partial charge in [-0.1, -0.05) is 12.1 Å². The van der Waals surface area contributed by atoms with Crippen LogP contribution in [-0.4, -0.2) is 40.3 Å². The SMILES string of the molecule is N[C@@H](CC1=CN=CC1)C(=O)N[C@@H](Cc1c[nH]c2c(C(F)(F)F)cccc12)C(=O)O. The van der Waals surface area contributed by atoms with Gasteiger partial charge in [0.25, 0.3) is 0 Å². The first-order valence-corrected chi connectivity index (χ1v) is 8.81. The van der Waals surface area contributed by atoms with Crippen LogP contribution in [-0.2, 0) is 22.2 Å². The number of halogens is 3. The fourth-order valence-electron chi connectivity index (χ4n) is 3.21. The van der Waals surface area contributed by atoms with Crippen molar-refractivity contribution in [3.05, 3.63) is 47.3 Å². The van der Waals surface area contributed by atoms with Crippen LogP contribution in [0.2, 0.25) is 0 Å². The zero-order chi connectivity index (χ0) is 21.2. The van der Waals surface area contributed by atoms with Gasteiger partial charge in [0.2, 0.25) is 5.91 Å². The van der Waals surface area contributed by atoms with Crippen LogP contribution in [0.1, 0.15) is 24.0 Å². The summed E-state index contributed by atoms with van der Waals surface area (Å²) in [6.07, 6.45) is 0.676. The van der Waals surface area contributed by atoms with Crippen molar-refractivity contribution in [3.8, 4) is 0 Å². The van der Waals surface area contributed by atoms with E-state index in [4.69, 9.17) is 5.73 Å². The van der Waals surface area contributed by atoms with Gasteiger partial charge in [-0.15, -0.1) is 0 Å². The summed E-state index contributed by atoms with van der Waals surface area (Å²) in [6, 6.07) is 1.37. The van der Waals surface area contributed by atoms with Gasteiger partial charge in [-0.25, -0.2) is 4.79 Å². The van der Waals surface area contributed by atoms with Crippen LogP contribution in [0, 0.1) is 0 Å². The van der Waals surface area contributed by atoms with E-state index in [1.54, 1.807) is 12.4 Å². The predicted molar refractivity (Wildman–Crippen MR) is 100 cm³/mol. The summed E-state index contributed by atoms with van der Waals surface area (Å²) < 4.78 is 39.4. The number of aliphatic imine (C=N–C) groups is 1. The Kier molecular flexibility index (Phi) is 5.73. The number of rotatable bonds is 7. The molecule has 0 radical (unpaired) electrons. The number of fused-ring (bicyclic) bond motifs is 1. The molecule has 0 spiro atoms. The van der Waals surface area contributed by atoms with Gasteiger partial charge in [0, 0.05) is 36.8 Å². The predicted octanol–water partition coefficient (Wildman–Crippen LogP) is 2.37. The zero-order valence-electron chi connectivity index (χ0n) is 15.2. The molecule has 0 fully saturated rings. The summed E-state index contributed by atoms with van der Waals surface area (Å²) in [7, 11) is 0. The molecule has 0 aliphatic carbocycles. The van der Waals surface area contributed by atoms with E-state index < -0.39 is 35.7 Å². The molecule has 2 heterocycles. The molecule has 1 aliphatic rings. The molecule has 10 heteroatoms. The van der Waals surface area contributed by atoms with Crippen molar-refractivity contribution in [1.29, 1.82) is 0 Å². The van der Waals surface area contributed by atoms with E-state index in [1.807, 2.05) is 0 Å². The van der Waals surface area contributed by atoms with Crippen LogP contribution >= 0.6 is 0 Å². The molecule has 1 aliphatic heterocycles. The highest BCUT2D eigenvalue weighted by Crippen LogP contribution is 2.35. The topological polar surface area (TPSA) is 121 Å². The average Bonchev–Trinajstić information content (AvgIpc) is 3.29. The third-order valence-corrected chi connectivity index (χ3v) is 4.68. The minimum atomic E-state index is -4.55. The smallest absolute Gasteiger partial charge is 0.418 e. The van der Waals surface area contributed by atoms with Gasteiger partial charge >= 0.3 is 12.1 Å². The second-order valence-electron chi connectivity index (χ2n) is 6.78. The summed E-state index contributed by atoms with van der Waals surface area (Å²) in [6.45, 7) is 0. The molecule has 2 aromatic rings. The van der Waals surface area contributed by atoms with E-state index in [2.05, 4.69) is 15.3 Å². The lowest BCUT2D eigenvalue weighted by molar-refractivity contribution is -0.142. The normalized spacial score (nSPS) is 15.9. The lowest BCUT2D eigenvalue weighted by atomic mass is 10.0. The number of para-hydroxylation sites is 1. The van der Waals surface area contributed by atoms with Crippen LogP contribution < -0.4 is 11.1 Å². The van der Waals surface area contributed by atoms with E-state index in [0.717, 1.165) is 11.6 Å². The monoisotopic (exact) mass is 408 g/mol. The number of alkyl halides is 3. The highest BCUT2D eigenvalue weighted by atomic mass is 19.4. The molecular weight excluding hydrogens is 389 g/mol. The molecular formula is C19H19F3N4O3. The van der Waals surface area contributed by atoms with Crippen molar-refractivity contribution in [2.75, 3.05) is 0 Å². The number of carboxylic acid groups (broad SMARTS) is 1. The van der Waals surface area contributed by atoms with Gasteiger partial charge in [-0.05, 0) is 23.6 Å². The Hall–Kier alpha value is -3.14. The molecule has 0 saturated heterocycles. The van der Waals surface area contributed by atoms with E-state index in [0.29, 0.717) is 12.0 Å². The van der Waals surface area contributed by atoms with Crippen LogP contribution in [0.25, 0.3) is 10.9 Å². The summed E-state index contributed by atoms with van der Waals surface area (Å²) in [4.78, 5) is 30.4. The van der Waals surface area contributed by atoms with Crippen molar-refractivity contribution < 1.29 is 27.9 Å². The Labute approximate surface area is 163 Å². The fraction of sp³-hybridized carbons (Fsp3) is 0.316. The zero-order valence-corrected chi connectivity index (χ0v) is 15.2. The van der Waals surface area contributed by atoms with Crippen molar-refractivity contribution in [2.24, 2.45) is 10.7 Å². The second kappa shape index (κ2) is 8.08. The molecule has 3 rings (SSSR count). The van der Waals surface area contributed by atoms with Crippen LogP contribution in [0.4, 0.5) is 13.2 Å². The molecule has 154 valence electrons. The number of aromatic amines is 1. The van der Waals surface area contributed by atoms with Gasteiger partial charge in [0.1, 0.15) is 6.04 Å². The van der Waals surface area contributed by atoms with Crippen molar-refractivity contribution in [1.82, 2.24) is 10.3 Å². The number of nitrogens with one attached hydrogen (secondary N) is 2. The number of carbonyl (C=O) groups is 2. The van der Waals surface area contributed by atoms with E-state index in [1.165, 1.54) is 18.3 Å². The van der Waals surface area contributed by atoms with Gasteiger partial charge < -0.3 is 21.1 Å². The molecule has 5 N–H and O–H groups in total. The van der Waals surface area contributed by atoms with Gasteiger partial charge in [0.05, 0.1) is 17.1 Å². The maximum absolute atomic E-state index is 13.1. The summed E-state index contributed by atoms with van der Waals surface area (Å²) in [5, 5.41) is 12.1. The van der Waals surface area contributed by atoms with Gasteiger partial charge in [-0.3, -0.25) is 9.79 Å². The Morgan fingerprint density at radius 2 is 2.07 bits per heavy atom. The van der Waals surface area contributed by atoms with Crippen LogP contribution in [0.15, 0.2) is 41.2 Å². The molecule has 0 bridgehead atoms. The Morgan fingerprint density at radius 3 is 2.69 bits per heavy atom. The molecule has 0 unspecified atom stereocenters. The van der Waals surface area contributed by atoms with Crippen molar-refractivity contribution >= 4 is 29.0 Å². The van der Waals surface area contributed by atoms with Crippen molar-refractivity contribution in [2.45, 2.75) is 37.5 Å². The maximum atomic E-state index is 13.1. The van der Waals surface area contributed by atoms with Crippen LogP contribution in [0.5, 0.6) is 0 Å². The highest BCUT2D eigenvalue weighted by Gasteiger charge is 2.33. The highest BCUT2D eigenvalue weighted by molar-refractivity contribution is 5.89. The largest absolute Gasteiger partial charge is 0.480 e. The minimum absolute atomic E-state index is 0.129. The molecule has 1 aromatic carbocycles. The first-order chi connectivity index (χ1) is 13.7. The fourth-order valence-corrected chi connectivity index (χ4v) is 3.21. The molecule has 0 saturated carbocycles. The van der Waals surface area contributed by atoms with Crippen LogP contribution in [0.3, 0.4) is 0 Å². The number of hydrogen-bond donors (Lipinski definition) is 4. The number of aromatic nitrogens is 1. The molecule has 2 atom stereocenters. The van der Waals surface area contributed by atoms with E-state index in [-0.39, 0.29) is 23.7 Å². The number of aliphatic carboxylic acids is 1. The lowest BCUT2D eigenvalue weighted by Crippen LogP contribution is -2.49. The maximum Gasteiger partial charge on any atom is 0.418 e. The summed E-state index contributed by atoms with van der Waals surface area (Å²) >= 11 is 0. The quantitative estimate of drug-likeness (QED) is 0.562. The number of carboxylic acids is 1. The minimum Gasteiger partial charge on any atom is -0.480 e. The first-order valence-electron chi connectivity index (χ1n) is 8.81. The molecule has 29 heavy (non-hydrogen) atoms. The number of benzene rings is 1. The number of H-pyrrole nitrogens is 1. The Balaban J connectivity index is 1.75. The Bertz CT molecular complexity index is 994. The number of amides is 1. The summed E-state index contributed by atoms with van der Waals surface area (Å²) in [5.74, 6) is -1.96. The number of nitrogens with two attached hydrogens (primary N) is 1. The number of carbonyl (C=O) groups excluding carboxylic acids is 1. The number of nitrogens with zero attached hydrogens (tertiary/aromatic N) is 1. The van der Waals surface area contributed by atoms with Gasteiger partial charge in [-0.2, -0.15) is 13.2 Å². The lowest BCUT2D eigenvalue weighted by Gasteiger charge is -2.18. The van der Waals surface area contributed by atoms with Crippen molar-refractivity contribution in [3.63, 3.8) is 0 Å². The summed E-state index contributed by atoms with van der Waals surface area (Å²) in [5.41, 5.74) is 6.08. The van der Waals surface area contributed by atoms with E-state index >= 15 is 0 Å². The molecule has 7 nitrogen and oxygen atoms in total. The van der Waals surface area contributed by atoms with E-state index in [9.17, 15) is 27.9 Å². The first kappa shape index (κ1) is 20.6. The molecule has 1 aromatic heterocycles. The molecule has 1 amide bonds. The Morgan fingerprint density at radius 1 is 1.31 bits per heavy atom. The average molecular weight is 408 g/mol. The second-order valence-corrected chi connectivity index (χ2v) is 6.78.